The predicted octanol–water partition coefficient (Wildman–Crippen LogP) is 2.43. The summed E-state index contributed by atoms with van der Waals surface area (Å²) in [6, 6.07) is 3.58. The molecule has 0 radical (unpaired) electrons. The van der Waals surface area contributed by atoms with Gasteiger partial charge in [0.15, 0.2) is 5.96 Å². The van der Waals surface area contributed by atoms with Gasteiger partial charge >= 0.3 is 0 Å². The van der Waals surface area contributed by atoms with E-state index in [4.69, 9.17) is 4.42 Å². The number of furan rings is 1. The van der Waals surface area contributed by atoms with Crippen LogP contribution >= 0.6 is 0 Å². The van der Waals surface area contributed by atoms with Crippen LogP contribution in [0.2, 0.25) is 0 Å². The number of nitrogens with one attached hydrogen (secondary N) is 1. The van der Waals surface area contributed by atoms with E-state index in [1.54, 1.807) is 32.4 Å². The fraction of sp³-hybridized carbons (Fsp3) is 0.706. The van der Waals surface area contributed by atoms with Gasteiger partial charge in [0.25, 0.3) is 0 Å². The second-order valence-corrected chi connectivity index (χ2v) is 6.88. The SMILES string of the molecule is CN=C(NCC(C)(O)c1ccco1)N1CCC(CC(C)C)C1. The maximum Gasteiger partial charge on any atom is 0.193 e. The van der Waals surface area contributed by atoms with Crippen LogP contribution in [-0.4, -0.2) is 42.6 Å². The van der Waals surface area contributed by atoms with Crippen molar-refractivity contribution < 1.29 is 9.52 Å². The molecule has 2 atom stereocenters. The molecule has 5 heteroatoms. The molecule has 0 amide bonds. The molecule has 0 saturated carbocycles. The molecule has 1 saturated heterocycles. The van der Waals surface area contributed by atoms with Crippen LogP contribution in [0.5, 0.6) is 0 Å². The predicted molar refractivity (Wildman–Crippen MR) is 88.8 cm³/mol. The smallest absolute Gasteiger partial charge is 0.193 e. The lowest BCUT2D eigenvalue weighted by Crippen LogP contribution is -2.45. The third kappa shape index (κ3) is 4.26. The number of likely N-dealkylation sites (tertiary alicyclic amines) is 1. The number of aliphatic imine (C=N–C) groups is 1. The molecular weight excluding hydrogens is 278 g/mol. The Kier molecular flexibility index (Phi) is 5.51. The molecule has 0 aliphatic carbocycles. The Bertz CT molecular complexity index is 480. The van der Waals surface area contributed by atoms with Crippen LogP contribution in [0, 0.1) is 11.8 Å². The molecule has 1 aliphatic rings. The normalized spacial score (nSPS) is 22.2. The van der Waals surface area contributed by atoms with E-state index in [0.29, 0.717) is 12.3 Å². The van der Waals surface area contributed by atoms with Crippen molar-refractivity contribution in [3.63, 3.8) is 0 Å². The van der Waals surface area contributed by atoms with Gasteiger partial charge in [0.05, 0.1) is 12.8 Å². The third-order valence-corrected chi connectivity index (χ3v) is 4.24. The summed E-state index contributed by atoms with van der Waals surface area (Å²) in [5, 5.41) is 13.8. The highest BCUT2D eigenvalue weighted by atomic mass is 16.4. The molecule has 2 rings (SSSR count). The van der Waals surface area contributed by atoms with E-state index in [1.807, 2.05) is 0 Å². The van der Waals surface area contributed by atoms with E-state index in [9.17, 15) is 5.11 Å². The molecule has 2 heterocycles. The Morgan fingerprint density at radius 1 is 1.59 bits per heavy atom. The lowest BCUT2D eigenvalue weighted by molar-refractivity contribution is 0.0381. The van der Waals surface area contributed by atoms with Gasteiger partial charge in [0.1, 0.15) is 11.4 Å². The Hall–Kier alpha value is -1.49. The highest BCUT2D eigenvalue weighted by Crippen LogP contribution is 2.24. The van der Waals surface area contributed by atoms with Crippen molar-refractivity contribution in [2.45, 2.75) is 39.2 Å². The number of nitrogens with zero attached hydrogens (tertiary/aromatic N) is 2. The fourth-order valence-corrected chi connectivity index (χ4v) is 3.14. The van der Waals surface area contributed by atoms with Crippen molar-refractivity contribution in [2.75, 3.05) is 26.7 Å². The first-order chi connectivity index (χ1) is 10.4. The van der Waals surface area contributed by atoms with E-state index in [-0.39, 0.29) is 0 Å². The maximum absolute atomic E-state index is 10.5. The minimum atomic E-state index is -1.05. The molecule has 2 unspecified atom stereocenters. The molecule has 0 aromatic carbocycles. The number of guanidine groups is 1. The summed E-state index contributed by atoms with van der Waals surface area (Å²) in [4.78, 5) is 6.64. The van der Waals surface area contributed by atoms with Gasteiger partial charge in [-0.15, -0.1) is 0 Å². The van der Waals surface area contributed by atoms with Gasteiger partial charge in [0.2, 0.25) is 0 Å². The number of rotatable bonds is 5. The first-order valence-electron chi connectivity index (χ1n) is 8.14. The number of hydrogen-bond acceptors (Lipinski definition) is 3. The monoisotopic (exact) mass is 307 g/mol. The average molecular weight is 307 g/mol. The van der Waals surface area contributed by atoms with Gasteiger partial charge in [-0.05, 0) is 43.7 Å². The fourth-order valence-electron chi connectivity index (χ4n) is 3.14. The lowest BCUT2D eigenvalue weighted by Gasteiger charge is -2.26. The zero-order valence-electron chi connectivity index (χ0n) is 14.2. The molecule has 1 aliphatic heterocycles. The van der Waals surface area contributed by atoms with E-state index >= 15 is 0 Å². The first kappa shape index (κ1) is 16.9. The summed E-state index contributed by atoms with van der Waals surface area (Å²) in [7, 11) is 1.79. The van der Waals surface area contributed by atoms with Crippen LogP contribution in [0.4, 0.5) is 0 Å². The summed E-state index contributed by atoms with van der Waals surface area (Å²) in [6.07, 6.45) is 4.06. The molecule has 5 nitrogen and oxygen atoms in total. The highest BCUT2D eigenvalue weighted by Gasteiger charge is 2.29. The molecule has 1 fully saturated rings. The maximum atomic E-state index is 10.5. The second-order valence-electron chi connectivity index (χ2n) is 6.88. The van der Waals surface area contributed by atoms with Gasteiger partial charge in [-0.3, -0.25) is 4.99 Å². The van der Waals surface area contributed by atoms with E-state index in [0.717, 1.165) is 30.9 Å². The van der Waals surface area contributed by atoms with Crippen LogP contribution in [0.25, 0.3) is 0 Å². The Morgan fingerprint density at radius 2 is 2.36 bits per heavy atom. The van der Waals surface area contributed by atoms with Gasteiger partial charge in [-0.1, -0.05) is 13.8 Å². The molecule has 1 aromatic heterocycles. The summed E-state index contributed by atoms with van der Waals surface area (Å²) < 4.78 is 5.31. The lowest BCUT2D eigenvalue weighted by atomic mass is 9.97. The Balaban J connectivity index is 1.88. The summed E-state index contributed by atoms with van der Waals surface area (Å²) in [5.74, 6) is 2.90. The topological polar surface area (TPSA) is 61.0 Å². The zero-order valence-corrected chi connectivity index (χ0v) is 14.2. The van der Waals surface area contributed by atoms with Crippen molar-refractivity contribution in [1.82, 2.24) is 10.2 Å². The van der Waals surface area contributed by atoms with Crippen LogP contribution in [0.1, 0.15) is 39.4 Å². The van der Waals surface area contributed by atoms with Crippen molar-refractivity contribution in [3.8, 4) is 0 Å². The van der Waals surface area contributed by atoms with Gasteiger partial charge in [0, 0.05) is 20.1 Å². The second kappa shape index (κ2) is 7.18. The Morgan fingerprint density at radius 3 is 2.95 bits per heavy atom. The quantitative estimate of drug-likeness (QED) is 0.648. The Labute approximate surface area is 133 Å². The highest BCUT2D eigenvalue weighted by molar-refractivity contribution is 5.80. The van der Waals surface area contributed by atoms with Crippen LogP contribution < -0.4 is 5.32 Å². The first-order valence-corrected chi connectivity index (χ1v) is 8.14. The van der Waals surface area contributed by atoms with Crippen molar-refractivity contribution >= 4 is 5.96 Å². The van der Waals surface area contributed by atoms with Crippen LogP contribution in [0.15, 0.2) is 27.8 Å². The standard InChI is InChI=1S/C17H29N3O2/c1-13(2)10-14-7-8-20(11-14)16(18-4)19-12-17(3,21)15-6-5-9-22-15/h5-6,9,13-14,21H,7-8,10-12H2,1-4H3,(H,18,19). The largest absolute Gasteiger partial charge is 0.466 e. The summed E-state index contributed by atoms with van der Waals surface area (Å²) >= 11 is 0. The molecule has 0 bridgehead atoms. The third-order valence-electron chi connectivity index (χ3n) is 4.24. The molecule has 22 heavy (non-hydrogen) atoms. The van der Waals surface area contributed by atoms with E-state index in [1.165, 1.54) is 12.8 Å². The van der Waals surface area contributed by atoms with Gasteiger partial charge < -0.3 is 19.7 Å². The van der Waals surface area contributed by atoms with Crippen LogP contribution in [0.3, 0.4) is 0 Å². The van der Waals surface area contributed by atoms with Crippen molar-refractivity contribution in [1.29, 1.82) is 0 Å². The molecule has 0 spiro atoms. The van der Waals surface area contributed by atoms with Gasteiger partial charge in [-0.2, -0.15) is 0 Å². The molecule has 124 valence electrons. The minimum absolute atomic E-state index is 0.374. The molecule has 1 aromatic rings. The average Bonchev–Trinajstić information content (AvgIpc) is 3.10. The number of hydrogen-bond donors (Lipinski definition) is 2. The summed E-state index contributed by atoms with van der Waals surface area (Å²) in [6.45, 7) is 8.74. The zero-order chi connectivity index (χ0) is 16.2. The van der Waals surface area contributed by atoms with E-state index < -0.39 is 5.60 Å². The van der Waals surface area contributed by atoms with E-state index in [2.05, 4.69) is 29.1 Å². The van der Waals surface area contributed by atoms with Crippen molar-refractivity contribution in [2.24, 2.45) is 16.8 Å². The number of aliphatic hydroxyl groups is 1. The van der Waals surface area contributed by atoms with Crippen LogP contribution in [-0.2, 0) is 5.60 Å². The van der Waals surface area contributed by atoms with Gasteiger partial charge in [-0.25, -0.2) is 0 Å². The molecular formula is C17H29N3O2. The summed E-state index contributed by atoms with van der Waals surface area (Å²) in [5.41, 5.74) is -1.05. The minimum Gasteiger partial charge on any atom is -0.466 e. The van der Waals surface area contributed by atoms with Crippen molar-refractivity contribution in [3.05, 3.63) is 24.2 Å². The molecule has 2 N–H and O–H groups in total.